The van der Waals surface area contributed by atoms with Crippen molar-refractivity contribution in [2.75, 3.05) is 0 Å². The van der Waals surface area contributed by atoms with Gasteiger partial charge in [-0.15, -0.1) is 0 Å². The summed E-state index contributed by atoms with van der Waals surface area (Å²) in [6, 6.07) is 5.91. The van der Waals surface area contributed by atoms with E-state index in [0.717, 1.165) is 12.0 Å². The first kappa shape index (κ1) is 11.2. The predicted octanol–water partition coefficient (Wildman–Crippen LogP) is 2.07. The maximum Gasteiger partial charge on any atom is 0.0940 e. The highest BCUT2D eigenvalue weighted by atomic mass is 16.3. The van der Waals surface area contributed by atoms with Crippen molar-refractivity contribution in [3.8, 4) is 0 Å². The number of rotatable bonds is 3. The molecule has 0 aliphatic heterocycles. The molecular weight excluding hydrogens is 174 g/mol. The van der Waals surface area contributed by atoms with Gasteiger partial charge in [-0.3, -0.25) is 0 Å². The van der Waals surface area contributed by atoms with Crippen LogP contribution in [-0.4, -0.2) is 11.1 Å². The SMILES string of the molecule is CC[C@@H](N)[C@H](O)c1cc(C)cc(C)c1. The summed E-state index contributed by atoms with van der Waals surface area (Å²) < 4.78 is 0. The smallest absolute Gasteiger partial charge is 0.0940 e. The summed E-state index contributed by atoms with van der Waals surface area (Å²) in [5.41, 5.74) is 9.06. The van der Waals surface area contributed by atoms with E-state index in [2.05, 4.69) is 6.07 Å². The molecule has 3 N–H and O–H groups in total. The van der Waals surface area contributed by atoms with Gasteiger partial charge in [0.2, 0.25) is 0 Å². The van der Waals surface area contributed by atoms with Crippen LogP contribution < -0.4 is 5.73 Å². The summed E-state index contributed by atoms with van der Waals surface area (Å²) in [5.74, 6) is 0. The lowest BCUT2D eigenvalue weighted by atomic mass is 9.98. The summed E-state index contributed by atoms with van der Waals surface area (Å²) in [6.07, 6.45) is 0.243. The number of aliphatic hydroxyl groups is 1. The van der Waals surface area contributed by atoms with Crippen molar-refractivity contribution in [1.82, 2.24) is 0 Å². The molecule has 1 aromatic rings. The molecule has 0 bridgehead atoms. The van der Waals surface area contributed by atoms with E-state index >= 15 is 0 Å². The molecule has 0 radical (unpaired) electrons. The zero-order valence-corrected chi connectivity index (χ0v) is 9.12. The van der Waals surface area contributed by atoms with E-state index < -0.39 is 6.10 Å². The third-order valence-electron chi connectivity index (χ3n) is 2.46. The number of hydrogen-bond donors (Lipinski definition) is 2. The van der Waals surface area contributed by atoms with Gasteiger partial charge in [-0.2, -0.15) is 0 Å². The van der Waals surface area contributed by atoms with Crippen LogP contribution >= 0.6 is 0 Å². The third kappa shape index (κ3) is 2.56. The standard InChI is InChI=1S/C12H19NO/c1-4-11(13)12(14)10-6-8(2)5-9(3)7-10/h5-7,11-12,14H,4,13H2,1-3H3/t11-,12-/m1/s1. The van der Waals surface area contributed by atoms with E-state index in [1.807, 2.05) is 32.9 Å². The van der Waals surface area contributed by atoms with Gasteiger partial charge in [0.05, 0.1) is 6.10 Å². The minimum absolute atomic E-state index is 0.170. The Morgan fingerprint density at radius 3 is 2.14 bits per heavy atom. The molecule has 2 heteroatoms. The van der Waals surface area contributed by atoms with Crippen molar-refractivity contribution in [3.05, 3.63) is 34.9 Å². The minimum atomic E-state index is -0.543. The van der Waals surface area contributed by atoms with Gasteiger partial charge in [-0.05, 0) is 25.8 Å². The van der Waals surface area contributed by atoms with E-state index in [1.165, 1.54) is 11.1 Å². The molecule has 0 aliphatic carbocycles. The minimum Gasteiger partial charge on any atom is -0.387 e. The lowest BCUT2D eigenvalue weighted by Gasteiger charge is -2.18. The first-order chi connectivity index (χ1) is 6.54. The Balaban J connectivity index is 2.94. The quantitative estimate of drug-likeness (QED) is 0.772. The van der Waals surface area contributed by atoms with Gasteiger partial charge in [0.1, 0.15) is 0 Å². The fraction of sp³-hybridized carbons (Fsp3) is 0.500. The van der Waals surface area contributed by atoms with Crippen molar-refractivity contribution < 1.29 is 5.11 Å². The molecular formula is C12H19NO. The molecule has 2 nitrogen and oxygen atoms in total. The van der Waals surface area contributed by atoms with Crippen molar-refractivity contribution in [1.29, 1.82) is 0 Å². The van der Waals surface area contributed by atoms with E-state index in [-0.39, 0.29) is 6.04 Å². The average Bonchev–Trinajstić information content (AvgIpc) is 2.14. The van der Waals surface area contributed by atoms with Gasteiger partial charge in [0, 0.05) is 6.04 Å². The zero-order chi connectivity index (χ0) is 10.7. The van der Waals surface area contributed by atoms with Crippen LogP contribution in [0.4, 0.5) is 0 Å². The van der Waals surface area contributed by atoms with Crippen LogP contribution in [0.15, 0.2) is 18.2 Å². The van der Waals surface area contributed by atoms with Crippen LogP contribution in [0.25, 0.3) is 0 Å². The topological polar surface area (TPSA) is 46.2 Å². The maximum absolute atomic E-state index is 9.91. The number of aliphatic hydroxyl groups excluding tert-OH is 1. The van der Waals surface area contributed by atoms with Gasteiger partial charge in [0.15, 0.2) is 0 Å². The highest BCUT2D eigenvalue weighted by Crippen LogP contribution is 2.20. The molecule has 14 heavy (non-hydrogen) atoms. The van der Waals surface area contributed by atoms with Gasteiger partial charge < -0.3 is 10.8 Å². The van der Waals surface area contributed by atoms with E-state index in [4.69, 9.17) is 5.73 Å². The number of benzene rings is 1. The first-order valence-corrected chi connectivity index (χ1v) is 5.06. The molecule has 2 atom stereocenters. The van der Waals surface area contributed by atoms with Crippen LogP contribution in [0.2, 0.25) is 0 Å². The highest BCUT2D eigenvalue weighted by Gasteiger charge is 2.15. The normalized spacial score (nSPS) is 15.2. The third-order valence-corrected chi connectivity index (χ3v) is 2.46. The van der Waals surface area contributed by atoms with Crippen LogP contribution in [-0.2, 0) is 0 Å². The summed E-state index contributed by atoms with van der Waals surface area (Å²) in [6.45, 7) is 6.04. The second-order valence-corrected chi connectivity index (χ2v) is 3.94. The van der Waals surface area contributed by atoms with E-state index in [0.29, 0.717) is 0 Å². The maximum atomic E-state index is 9.91. The largest absolute Gasteiger partial charge is 0.387 e. The van der Waals surface area contributed by atoms with Crippen LogP contribution in [0.1, 0.15) is 36.1 Å². The molecule has 0 unspecified atom stereocenters. The molecule has 78 valence electrons. The Morgan fingerprint density at radius 1 is 1.21 bits per heavy atom. The summed E-state index contributed by atoms with van der Waals surface area (Å²) in [5, 5.41) is 9.91. The second-order valence-electron chi connectivity index (χ2n) is 3.94. The summed E-state index contributed by atoms with van der Waals surface area (Å²) >= 11 is 0. The predicted molar refractivity (Wildman–Crippen MR) is 59.1 cm³/mol. The Morgan fingerprint density at radius 2 is 1.71 bits per heavy atom. The number of aryl methyl sites for hydroxylation is 2. The molecule has 0 fully saturated rings. The van der Waals surface area contributed by atoms with Crippen LogP contribution in [0.5, 0.6) is 0 Å². The second kappa shape index (κ2) is 4.58. The Bertz CT molecular complexity index is 289. The Hall–Kier alpha value is -0.860. The Labute approximate surface area is 85.8 Å². The van der Waals surface area contributed by atoms with E-state index in [1.54, 1.807) is 0 Å². The molecule has 1 aromatic carbocycles. The molecule has 0 aliphatic rings. The van der Waals surface area contributed by atoms with Gasteiger partial charge in [0.25, 0.3) is 0 Å². The monoisotopic (exact) mass is 193 g/mol. The van der Waals surface area contributed by atoms with Gasteiger partial charge in [-0.1, -0.05) is 36.2 Å². The molecule has 0 saturated heterocycles. The molecule has 0 spiro atoms. The van der Waals surface area contributed by atoms with Gasteiger partial charge in [-0.25, -0.2) is 0 Å². The van der Waals surface area contributed by atoms with Crippen molar-refractivity contribution in [2.45, 2.75) is 39.3 Å². The van der Waals surface area contributed by atoms with Crippen molar-refractivity contribution in [3.63, 3.8) is 0 Å². The fourth-order valence-corrected chi connectivity index (χ4v) is 1.65. The first-order valence-electron chi connectivity index (χ1n) is 5.06. The van der Waals surface area contributed by atoms with E-state index in [9.17, 15) is 5.11 Å². The zero-order valence-electron chi connectivity index (χ0n) is 9.12. The highest BCUT2D eigenvalue weighted by molar-refractivity contribution is 5.30. The number of hydrogen-bond acceptors (Lipinski definition) is 2. The molecule has 0 heterocycles. The molecule has 0 amide bonds. The summed E-state index contributed by atoms with van der Waals surface area (Å²) in [4.78, 5) is 0. The lowest BCUT2D eigenvalue weighted by Crippen LogP contribution is -2.27. The number of nitrogens with two attached hydrogens (primary N) is 1. The lowest BCUT2D eigenvalue weighted by molar-refractivity contribution is 0.144. The van der Waals surface area contributed by atoms with Crippen LogP contribution in [0, 0.1) is 13.8 Å². The molecule has 0 aromatic heterocycles. The van der Waals surface area contributed by atoms with Crippen molar-refractivity contribution >= 4 is 0 Å². The average molecular weight is 193 g/mol. The molecule has 0 saturated carbocycles. The summed E-state index contributed by atoms with van der Waals surface area (Å²) in [7, 11) is 0. The van der Waals surface area contributed by atoms with Gasteiger partial charge >= 0.3 is 0 Å². The fourth-order valence-electron chi connectivity index (χ4n) is 1.65. The Kier molecular flexibility index (Phi) is 3.67. The van der Waals surface area contributed by atoms with Crippen molar-refractivity contribution in [2.24, 2.45) is 5.73 Å². The van der Waals surface area contributed by atoms with Crippen LogP contribution in [0.3, 0.4) is 0 Å². The molecule has 1 rings (SSSR count).